The number of nitrogens with one attached hydrogen (secondary N) is 2. The highest BCUT2D eigenvalue weighted by Crippen LogP contribution is 2.30. The Balaban J connectivity index is 1.59. The second kappa shape index (κ2) is 8.42. The maximum Gasteiger partial charge on any atom is 0.301 e. The largest absolute Gasteiger partial charge is 0.307 e. The number of halogens is 4. The number of hydrogen-bond donors (Lipinski definition) is 2. The van der Waals surface area contributed by atoms with Crippen molar-refractivity contribution in [1.82, 2.24) is 14.8 Å². The van der Waals surface area contributed by atoms with Crippen LogP contribution in [-0.4, -0.2) is 19.9 Å². The molecule has 0 saturated heterocycles. The fourth-order valence-corrected chi connectivity index (χ4v) is 4.07. The highest BCUT2D eigenvalue weighted by Gasteiger charge is 2.16. The SMILES string of the molecule is Cc1[nH]n(C(=S)Nc2nc3cc(Cl)c(F)cc3s2)c(=O)c1N=Nc1ccc(F)c(Cl)c1. The van der Waals surface area contributed by atoms with E-state index in [1.807, 2.05) is 0 Å². The maximum atomic E-state index is 13.6. The normalized spacial score (nSPS) is 11.5. The van der Waals surface area contributed by atoms with Crippen LogP contribution < -0.4 is 10.9 Å². The van der Waals surface area contributed by atoms with E-state index in [4.69, 9.17) is 35.4 Å². The number of rotatable bonds is 3. The van der Waals surface area contributed by atoms with Crippen molar-refractivity contribution in [2.45, 2.75) is 6.92 Å². The maximum absolute atomic E-state index is 13.6. The van der Waals surface area contributed by atoms with Gasteiger partial charge in [-0.2, -0.15) is 9.80 Å². The molecule has 0 aliphatic heterocycles. The molecule has 158 valence electrons. The number of azo groups is 1. The number of hydrogen-bond acceptors (Lipinski definition) is 6. The zero-order valence-electron chi connectivity index (χ0n) is 15.4. The van der Waals surface area contributed by atoms with E-state index in [1.165, 1.54) is 24.3 Å². The third kappa shape index (κ3) is 4.35. The Morgan fingerprint density at radius 2 is 1.94 bits per heavy atom. The van der Waals surface area contributed by atoms with Crippen LogP contribution in [0.5, 0.6) is 0 Å². The molecule has 0 fully saturated rings. The van der Waals surface area contributed by atoms with Gasteiger partial charge in [0.15, 0.2) is 10.8 Å². The van der Waals surface area contributed by atoms with E-state index in [1.54, 1.807) is 6.92 Å². The van der Waals surface area contributed by atoms with Gasteiger partial charge in [0.2, 0.25) is 5.11 Å². The summed E-state index contributed by atoms with van der Waals surface area (Å²) >= 11 is 17.9. The van der Waals surface area contributed by atoms with Gasteiger partial charge in [0, 0.05) is 0 Å². The van der Waals surface area contributed by atoms with Crippen molar-refractivity contribution < 1.29 is 8.78 Å². The van der Waals surface area contributed by atoms with Gasteiger partial charge in [0.1, 0.15) is 11.6 Å². The Kier molecular flexibility index (Phi) is 5.84. The lowest BCUT2D eigenvalue weighted by Gasteiger charge is -2.03. The molecule has 0 atom stereocenters. The second-order valence-electron chi connectivity index (χ2n) is 6.21. The van der Waals surface area contributed by atoms with Crippen LogP contribution in [-0.2, 0) is 0 Å². The molecule has 2 N–H and O–H groups in total. The minimum absolute atomic E-state index is 0.00463. The Bertz CT molecular complexity index is 1390. The quantitative estimate of drug-likeness (QED) is 0.254. The summed E-state index contributed by atoms with van der Waals surface area (Å²) < 4.78 is 28.5. The summed E-state index contributed by atoms with van der Waals surface area (Å²) in [5.74, 6) is -1.14. The molecule has 0 amide bonds. The number of nitrogens with zero attached hydrogens (tertiary/aromatic N) is 4. The van der Waals surface area contributed by atoms with Gasteiger partial charge < -0.3 is 5.32 Å². The fraction of sp³-hybridized carbons (Fsp3) is 0.0556. The molecule has 4 aromatic rings. The van der Waals surface area contributed by atoms with Gasteiger partial charge >= 0.3 is 5.56 Å². The van der Waals surface area contributed by atoms with Crippen LogP contribution in [0, 0.1) is 18.6 Å². The number of H-pyrrole nitrogens is 1. The monoisotopic (exact) mass is 498 g/mol. The Morgan fingerprint density at radius 3 is 2.68 bits per heavy atom. The standard InChI is InChI=1S/C18H10Cl2F2N6OS2/c1-7-15(26-25-8-2-3-11(21)9(19)4-8)16(29)28(27-7)18(30)24-17-23-13-5-10(20)12(22)6-14(13)31-17/h2-6,27H,1H3,(H,23,24,30). The summed E-state index contributed by atoms with van der Waals surface area (Å²) in [4.78, 5) is 17.0. The molecule has 2 aromatic heterocycles. The van der Waals surface area contributed by atoms with Crippen molar-refractivity contribution in [2.75, 3.05) is 5.32 Å². The van der Waals surface area contributed by atoms with Crippen LogP contribution in [0.15, 0.2) is 45.4 Å². The minimum atomic E-state index is -0.586. The van der Waals surface area contributed by atoms with E-state index in [0.29, 0.717) is 21.0 Å². The predicted molar refractivity (Wildman–Crippen MR) is 122 cm³/mol. The topological polar surface area (TPSA) is 87.4 Å². The number of aromatic nitrogens is 3. The van der Waals surface area contributed by atoms with Gasteiger partial charge in [0.05, 0.1) is 31.6 Å². The minimum Gasteiger partial charge on any atom is -0.307 e. The molecule has 0 aliphatic rings. The predicted octanol–water partition coefficient (Wildman–Crippen LogP) is 6.34. The first kappa shape index (κ1) is 21.5. The average Bonchev–Trinajstić information content (AvgIpc) is 3.22. The highest BCUT2D eigenvalue weighted by molar-refractivity contribution is 7.80. The number of aryl methyl sites for hydroxylation is 1. The van der Waals surface area contributed by atoms with E-state index < -0.39 is 17.2 Å². The lowest BCUT2D eigenvalue weighted by atomic mass is 10.3. The number of thiocarbonyl (C=S) groups is 1. The van der Waals surface area contributed by atoms with E-state index in [-0.39, 0.29) is 26.5 Å². The first-order chi connectivity index (χ1) is 14.7. The van der Waals surface area contributed by atoms with Gasteiger partial charge in [-0.25, -0.2) is 13.8 Å². The van der Waals surface area contributed by atoms with Crippen molar-refractivity contribution in [2.24, 2.45) is 10.2 Å². The van der Waals surface area contributed by atoms with Crippen molar-refractivity contribution >= 4 is 78.6 Å². The molecule has 2 heterocycles. The van der Waals surface area contributed by atoms with Gasteiger partial charge in [0.25, 0.3) is 0 Å². The summed E-state index contributed by atoms with van der Waals surface area (Å²) in [6, 6.07) is 6.49. The fourth-order valence-electron chi connectivity index (χ4n) is 2.58. The molecule has 2 aromatic carbocycles. The first-order valence-electron chi connectivity index (χ1n) is 8.48. The number of benzene rings is 2. The van der Waals surface area contributed by atoms with Crippen LogP contribution in [0.4, 0.5) is 25.3 Å². The van der Waals surface area contributed by atoms with Crippen LogP contribution in [0.3, 0.4) is 0 Å². The van der Waals surface area contributed by atoms with Crippen LogP contribution in [0.1, 0.15) is 5.69 Å². The molecule has 13 heteroatoms. The summed E-state index contributed by atoms with van der Waals surface area (Å²) in [6.45, 7) is 1.62. The Morgan fingerprint density at radius 1 is 1.19 bits per heavy atom. The molecule has 31 heavy (non-hydrogen) atoms. The van der Waals surface area contributed by atoms with Crippen molar-refractivity contribution in [3.05, 3.63) is 68.1 Å². The van der Waals surface area contributed by atoms with E-state index in [9.17, 15) is 13.6 Å². The molecule has 0 aliphatic carbocycles. The molecule has 0 bridgehead atoms. The third-order valence-corrected chi connectivity index (χ3v) is 5.85. The first-order valence-corrected chi connectivity index (χ1v) is 10.5. The zero-order chi connectivity index (χ0) is 22.3. The number of aromatic amines is 1. The molecule has 4 rings (SSSR count). The van der Waals surface area contributed by atoms with Gasteiger partial charge in [-0.3, -0.25) is 9.89 Å². The van der Waals surface area contributed by atoms with Gasteiger partial charge in [-0.05, 0) is 49.5 Å². The lowest BCUT2D eigenvalue weighted by molar-refractivity contribution is 0.628. The van der Waals surface area contributed by atoms with Crippen LogP contribution in [0.25, 0.3) is 10.2 Å². The van der Waals surface area contributed by atoms with E-state index in [0.717, 1.165) is 22.1 Å². The van der Waals surface area contributed by atoms with E-state index >= 15 is 0 Å². The molecule has 0 spiro atoms. The molecule has 0 saturated carbocycles. The summed E-state index contributed by atoms with van der Waals surface area (Å²) in [5.41, 5.74) is 0.636. The van der Waals surface area contributed by atoms with E-state index in [2.05, 4.69) is 25.6 Å². The zero-order valence-corrected chi connectivity index (χ0v) is 18.6. The number of fused-ring (bicyclic) bond motifs is 1. The smallest absolute Gasteiger partial charge is 0.301 e. The van der Waals surface area contributed by atoms with Crippen molar-refractivity contribution in [3.8, 4) is 0 Å². The summed E-state index contributed by atoms with van der Waals surface area (Å²) in [5, 5.41) is 13.7. The average molecular weight is 499 g/mol. The van der Waals surface area contributed by atoms with Gasteiger partial charge in [-0.1, -0.05) is 34.5 Å². The molecular weight excluding hydrogens is 489 g/mol. The lowest BCUT2D eigenvalue weighted by Crippen LogP contribution is -2.29. The van der Waals surface area contributed by atoms with Crippen molar-refractivity contribution in [1.29, 1.82) is 0 Å². The second-order valence-corrected chi connectivity index (χ2v) is 8.44. The third-order valence-electron chi connectivity index (χ3n) is 4.06. The van der Waals surface area contributed by atoms with Crippen molar-refractivity contribution in [3.63, 3.8) is 0 Å². The number of anilines is 1. The molecule has 7 nitrogen and oxygen atoms in total. The Hall–Kier alpha value is -2.73. The highest BCUT2D eigenvalue weighted by atomic mass is 35.5. The Labute approximate surface area is 192 Å². The van der Waals surface area contributed by atoms with Gasteiger partial charge in [-0.15, -0.1) is 5.11 Å². The molecule has 0 unspecified atom stereocenters. The molecule has 0 radical (unpaired) electrons. The summed E-state index contributed by atoms with van der Waals surface area (Å²) in [6.07, 6.45) is 0. The molecular formula is C18H10Cl2F2N6OS2. The number of thiazole rings is 1. The van der Waals surface area contributed by atoms with Crippen LogP contribution in [0.2, 0.25) is 10.0 Å². The van der Waals surface area contributed by atoms with Crippen LogP contribution >= 0.6 is 46.8 Å². The summed E-state index contributed by atoms with van der Waals surface area (Å²) in [7, 11) is 0.